The summed E-state index contributed by atoms with van der Waals surface area (Å²) >= 11 is 0. The minimum atomic E-state index is -3.43. The molecule has 8 heteroatoms. The number of hydrogen-bond donors (Lipinski definition) is 1. The number of para-hydroxylation sites is 1. The largest absolute Gasteiger partial charge is 0.339 e. The zero-order chi connectivity index (χ0) is 17.9. The number of benzene rings is 1. The number of pyridine rings is 1. The van der Waals surface area contributed by atoms with Gasteiger partial charge in [0.2, 0.25) is 21.7 Å². The molecule has 2 aromatic heterocycles. The Hall–Kier alpha value is -2.74. The van der Waals surface area contributed by atoms with E-state index < -0.39 is 15.3 Å². The van der Waals surface area contributed by atoms with Crippen LogP contribution in [0.3, 0.4) is 0 Å². The molecule has 3 rings (SSSR count). The Morgan fingerprint density at radius 3 is 2.56 bits per heavy atom. The van der Waals surface area contributed by atoms with Crippen molar-refractivity contribution in [2.24, 2.45) is 0 Å². The molecule has 7 nitrogen and oxygen atoms in total. The molecule has 0 atom stereocenters. The summed E-state index contributed by atoms with van der Waals surface area (Å²) in [5.74, 6) is 0.876. The molecule has 0 aliphatic carbocycles. The summed E-state index contributed by atoms with van der Waals surface area (Å²) in [5, 5.41) is 3.44. The van der Waals surface area contributed by atoms with Gasteiger partial charge in [0.25, 0.3) is 0 Å². The van der Waals surface area contributed by atoms with Crippen LogP contribution in [0.1, 0.15) is 25.3 Å². The van der Waals surface area contributed by atoms with E-state index in [4.69, 9.17) is 4.52 Å². The van der Waals surface area contributed by atoms with Gasteiger partial charge in [-0.25, -0.2) is 8.42 Å². The Labute approximate surface area is 146 Å². The fourth-order valence-electron chi connectivity index (χ4n) is 2.15. The van der Waals surface area contributed by atoms with Crippen molar-refractivity contribution < 1.29 is 12.9 Å². The first-order chi connectivity index (χ1) is 12.0. The Kier molecular flexibility index (Phi) is 4.80. The molecule has 0 saturated carbocycles. The number of sulfonamides is 1. The number of aromatic nitrogens is 3. The number of nitrogens with one attached hydrogen (secondary N) is 1. The van der Waals surface area contributed by atoms with Crippen LogP contribution < -0.4 is 4.72 Å². The molecule has 2 heterocycles. The summed E-state index contributed by atoms with van der Waals surface area (Å²) in [5.41, 5.74) is 2.08. The maximum atomic E-state index is 12.1. The van der Waals surface area contributed by atoms with Crippen molar-refractivity contribution in [2.75, 3.05) is 4.72 Å². The lowest BCUT2D eigenvalue weighted by molar-refractivity contribution is 0.386. The topological polar surface area (TPSA) is 98.0 Å². The van der Waals surface area contributed by atoms with Gasteiger partial charge in [-0.15, -0.1) is 0 Å². The molecule has 0 spiro atoms. The summed E-state index contributed by atoms with van der Waals surface area (Å²) in [6.45, 7) is 3.26. The fourth-order valence-corrected chi connectivity index (χ4v) is 2.89. The van der Waals surface area contributed by atoms with Crippen LogP contribution in [-0.4, -0.2) is 28.8 Å². The van der Waals surface area contributed by atoms with E-state index in [1.807, 2.05) is 12.1 Å². The van der Waals surface area contributed by atoms with Crippen LogP contribution in [0.2, 0.25) is 0 Å². The molecule has 130 valence electrons. The summed E-state index contributed by atoms with van der Waals surface area (Å²) < 4.78 is 32.2. The minimum Gasteiger partial charge on any atom is -0.339 e. The molecule has 0 amide bonds. The average molecular weight is 358 g/mol. The average Bonchev–Trinajstić information content (AvgIpc) is 3.06. The van der Waals surface area contributed by atoms with Crippen LogP contribution in [0.4, 0.5) is 5.69 Å². The van der Waals surface area contributed by atoms with E-state index in [2.05, 4.69) is 19.8 Å². The SMILES string of the molecule is CC(C)S(=O)(=O)Nc1ccccc1Cc1nc(-c2ccncc2)no1. The lowest BCUT2D eigenvalue weighted by Gasteiger charge is -2.13. The van der Waals surface area contributed by atoms with Gasteiger partial charge in [-0.2, -0.15) is 4.98 Å². The van der Waals surface area contributed by atoms with E-state index in [9.17, 15) is 8.42 Å². The second-order valence-corrected chi connectivity index (χ2v) is 8.01. The zero-order valence-corrected chi connectivity index (χ0v) is 14.7. The summed E-state index contributed by atoms with van der Waals surface area (Å²) in [7, 11) is -3.43. The van der Waals surface area contributed by atoms with Crippen molar-refractivity contribution in [3.63, 3.8) is 0 Å². The van der Waals surface area contributed by atoms with Crippen molar-refractivity contribution in [2.45, 2.75) is 25.5 Å². The lowest BCUT2D eigenvalue weighted by Crippen LogP contribution is -2.23. The van der Waals surface area contributed by atoms with Crippen molar-refractivity contribution >= 4 is 15.7 Å². The van der Waals surface area contributed by atoms with E-state index in [-0.39, 0.29) is 0 Å². The molecule has 1 aromatic carbocycles. The maximum absolute atomic E-state index is 12.1. The van der Waals surface area contributed by atoms with Gasteiger partial charge < -0.3 is 4.52 Å². The molecule has 3 aromatic rings. The Balaban J connectivity index is 1.84. The van der Waals surface area contributed by atoms with Crippen LogP contribution in [0.15, 0.2) is 53.3 Å². The maximum Gasteiger partial charge on any atom is 0.235 e. The molecular formula is C17H18N4O3S. The third-order valence-electron chi connectivity index (χ3n) is 3.64. The second-order valence-electron chi connectivity index (χ2n) is 5.78. The third kappa shape index (κ3) is 4.03. The van der Waals surface area contributed by atoms with Crippen LogP contribution in [0.25, 0.3) is 11.4 Å². The van der Waals surface area contributed by atoms with E-state index in [0.29, 0.717) is 23.8 Å². The second kappa shape index (κ2) is 7.02. The Bertz CT molecular complexity index is 953. The van der Waals surface area contributed by atoms with E-state index in [0.717, 1.165) is 11.1 Å². The predicted octanol–water partition coefficient (Wildman–Crippen LogP) is 2.87. The first-order valence-electron chi connectivity index (χ1n) is 7.78. The fraction of sp³-hybridized carbons (Fsp3) is 0.235. The van der Waals surface area contributed by atoms with Crippen LogP contribution in [0.5, 0.6) is 0 Å². The zero-order valence-electron chi connectivity index (χ0n) is 13.9. The summed E-state index contributed by atoms with van der Waals surface area (Å²) in [6, 6.07) is 10.7. The van der Waals surface area contributed by atoms with Gasteiger partial charge in [0, 0.05) is 18.0 Å². The van der Waals surface area contributed by atoms with Crippen molar-refractivity contribution in [1.82, 2.24) is 15.1 Å². The van der Waals surface area contributed by atoms with E-state index >= 15 is 0 Å². The minimum absolute atomic E-state index is 0.328. The first kappa shape index (κ1) is 17.1. The smallest absolute Gasteiger partial charge is 0.235 e. The highest BCUT2D eigenvalue weighted by atomic mass is 32.2. The van der Waals surface area contributed by atoms with Crippen LogP contribution >= 0.6 is 0 Å². The summed E-state index contributed by atoms with van der Waals surface area (Å²) in [6.07, 6.45) is 3.64. The van der Waals surface area contributed by atoms with Gasteiger partial charge in [0.05, 0.1) is 17.4 Å². The number of anilines is 1. The molecule has 0 aliphatic rings. The Morgan fingerprint density at radius 1 is 1.12 bits per heavy atom. The highest BCUT2D eigenvalue weighted by Gasteiger charge is 2.18. The molecular weight excluding hydrogens is 340 g/mol. The van der Waals surface area contributed by atoms with Gasteiger partial charge in [-0.05, 0) is 37.6 Å². The first-order valence-corrected chi connectivity index (χ1v) is 9.33. The molecule has 0 unspecified atom stereocenters. The molecule has 1 N–H and O–H groups in total. The van der Waals surface area contributed by atoms with Gasteiger partial charge in [-0.3, -0.25) is 9.71 Å². The number of nitrogens with zero attached hydrogens (tertiary/aromatic N) is 3. The highest BCUT2D eigenvalue weighted by Crippen LogP contribution is 2.22. The van der Waals surface area contributed by atoms with Crippen LogP contribution in [0, 0.1) is 0 Å². The molecule has 0 radical (unpaired) electrons. The van der Waals surface area contributed by atoms with Crippen molar-refractivity contribution in [3.05, 3.63) is 60.2 Å². The Morgan fingerprint density at radius 2 is 1.84 bits per heavy atom. The van der Waals surface area contributed by atoms with Gasteiger partial charge >= 0.3 is 0 Å². The predicted molar refractivity (Wildman–Crippen MR) is 94.5 cm³/mol. The van der Waals surface area contributed by atoms with E-state index in [1.54, 1.807) is 50.5 Å². The molecule has 25 heavy (non-hydrogen) atoms. The van der Waals surface area contributed by atoms with Gasteiger partial charge in [0.15, 0.2) is 0 Å². The number of rotatable bonds is 6. The molecule has 0 aliphatic heterocycles. The quantitative estimate of drug-likeness (QED) is 0.727. The highest BCUT2D eigenvalue weighted by molar-refractivity contribution is 7.93. The van der Waals surface area contributed by atoms with Crippen molar-refractivity contribution in [1.29, 1.82) is 0 Å². The van der Waals surface area contributed by atoms with Gasteiger partial charge in [0.1, 0.15) is 0 Å². The molecule has 0 bridgehead atoms. The lowest BCUT2D eigenvalue weighted by atomic mass is 10.1. The normalized spacial score (nSPS) is 11.6. The standard InChI is InChI=1S/C17H18N4O3S/c1-12(2)25(22,23)21-15-6-4-3-5-14(15)11-16-19-17(20-24-16)13-7-9-18-10-8-13/h3-10,12,21H,11H2,1-2H3. The summed E-state index contributed by atoms with van der Waals surface area (Å²) in [4.78, 5) is 8.32. The van der Waals surface area contributed by atoms with Crippen molar-refractivity contribution in [3.8, 4) is 11.4 Å². The molecule has 0 saturated heterocycles. The van der Waals surface area contributed by atoms with E-state index in [1.165, 1.54) is 0 Å². The monoisotopic (exact) mass is 358 g/mol. The van der Waals surface area contributed by atoms with Gasteiger partial charge in [-0.1, -0.05) is 23.4 Å². The molecule has 0 fully saturated rings. The third-order valence-corrected chi connectivity index (χ3v) is 5.38. The number of hydrogen-bond acceptors (Lipinski definition) is 6. The van der Waals surface area contributed by atoms with Crippen LogP contribution in [-0.2, 0) is 16.4 Å².